The van der Waals surface area contributed by atoms with Crippen LogP contribution >= 0.6 is 23.8 Å². The average molecular weight is 287 g/mol. The molecule has 0 bridgehead atoms. The highest BCUT2D eigenvalue weighted by Gasteiger charge is 2.08. The molecule has 0 fully saturated rings. The van der Waals surface area contributed by atoms with Gasteiger partial charge in [0.15, 0.2) is 6.61 Å². The number of hydrogen-bond acceptors (Lipinski definition) is 3. The Morgan fingerprint density at radius 1 is 1.50 bits per heavy atom. The Labute approximate surface area is 116 Å². The number of rotatable bonds is 6. The van der Waals surface area contributed by atoms with Gasteiger partial charge in [-0.25, -0.2) is 0 Å². The predicted molar refractivity (Wildman–Crippen MR) is 75.9 cm³/mol. The van der Waals surface area contributed by atoms with Crippen molar-refractivity contribution >= 4 is 34.7 Å². The number of nitrogens with two attached hydrogens (primary N) is 1. The second kappa shape index (κ2) is 7.18. The van der Waals surface area contributed by atoms with Crippen molar-refractivity contribution in [3.05, 3.63) is 29.3 Å². The Bertz CT molecular complexity index is 423. The monoisotopic (exact) mass is 286 g/mol. The maximum atomic E-state index is 11.5. The standard InChI is InChI=1S/C12H15ClN2O2S/c1-8(12(14)18)6-15-11(16)7-17-10-4-2-9(13)3-5-10/h2-5,8H,6-7H2,1H3,(H2,14,18)(H,15,16). The molecule has 1 aromatic carbocycles. The summed E-state index contributed by atoms with van der Waals surface area (Å²) in [5.41, 5.74) is 5.44. The Kier molecular flexibility index (Phi) is 5.88. The molecule has 3 N–H and O–H groups in total. The maximum Gasteiger partial charge on any atom is 0.257 e. The van der Waals surface area contributed by atoms with E-state index in [-0.39, 0.29) is 18.4 Å². The Balaban J connectivity index is 2.29. The third kappa shape index (κ3) is 5.33. The average Bonchev–Trinajstić information content (AvgIpc) is 2.35. The molecule has 0 spiro atoms. The first-order chi connectivity index (χ1) is 8.49. The number of nitrogens with one attached hydrogen (secondary N) is 1. The van der Waals surface area contributed by atoms with Crippen molar-refractivity contribution in [2.75, 3.05) is 13.2 Å². The van der Waals surface area contributed by atoms with Crippen LogP contribution in [0, 0.1) is 5.92 Å². The van der Waals surface area contributed by atoms with Crippen molar-refractivity contribution in [2.24, 2.45) is 11.7 Å². The van der Waals surface area contributed by atoms with Crippen LogP contribution in [0.25, 0.3) is 0 Å². The molecule has 6 heteroatoms. The van der Waals surface area contributed by atoms with Crippen LogP contribution in [0.3, 0.4) is 0 Å². The van der Waals surface area contributed by atoms with E-state index in [0.717, 1.165) is 0 Å². The summed E-state index contributed by atoms with van der Waals surface area (Å²) in [7, 11) is 0. The summed E-state index contributed by atoms with van der Waals surface area (Å²) in [6.07, 6.45) is 0. The van der Waals surface area contributed by atoms with E-state index in [4.69, 9.17) is 34.3 Å². The summed E-state index contributed by atoms with van der Waals surface area (Å²) in [5, 5.41) is 3.31. The minimum Gasteiger partial charge on any atom is -0.484 e. The summed E-state index contributed by atoms with van der Waals surface area (Å²) >= 11 is 10.5. The van der Waals surface area contributed by atoms with E-state index >= 15 is 0 Å². The normalized spacial score (nSPS) is 11.7. The summed E-state index contributed by atoms with van der Waals surface area (Å²) in [5.74, 6) is 0.351. The second-order valence-electron chi connectivity index (χ2n) is 3.85. The molecule has 1 atom stereocenters. The van der Waals surface area contributed by atoms with Crippen molar-refractivity contribution < 1.29 is 9.53 Å². The van der Waals surface area contributed by atoms with Crippen molar-refractivity contribution in [2.45, 2.75) is 6.92 Å². The third-order valence-corrected chi connectivity index (χ3v) is 2.93. The van der Waals surface area contributed by atoms with Crippen LogP contribution in [-0.2, 0) is 4.79 Å². The number of carbonyl (C=O) groups excluding carboxylic acids is 1. The van der Waals surface area contributed by atoms with Crippen molar-refractivity contribution in [3.63, 3.8) is 0 Å². The molecule has 4 nitrogen and oxygen atoms in total. The molecular formula is C12H15ClN2O2S. The van der Waals surface area contributed by atoms with Gasteiger partial charge in [-0.2, -0.15) is 0 Å². The van der Waals surface area contributed by atoms with Crippen LogP contribution in [0.1, 0.15) is 6.92 Å². The van der Waals surface area contributed by atoms with Crippen LogP contribution in [0.15, 0.2) is 24.3 Å². The van der Waals surface area contributed by atoms with Gasteiger partial charge in [0.05, 0.1) is 4.99 Å². The van der Waals surface area contributed by atoms with E-state index in [2.05, 4.69) is 5.32 Å². The summed E-state index contributed by atoms with van der Waals surface area (Å²) in [6, 6.07) is 6.80. The molecular weight excluding hydrogens is 272 g/mol. The van der Waals surface area contributed by atoms with Gasteiger partial charge in [0.2, 0.25) is 0 Å². The van der Waals surface area contributed by atoms with Crippen LogP contribution < -0.4 is 15.8 Å². The number of carbonyl (C=O) groups is 1. The molecule has 0 heterocycles. The Hall–Kier alpha value is -1.33. The predicted octanol–water partition coefficient (Wildman–Crippen LogP) is 1.76. The lowest BCUT2D eigenvalue weighted by molar-refractivity contribution is -0.123. The molecule has 0 radical (unpaired) electrons. The maximum absolute atomic E-state index is 11.5. The zero-order valence-corrected chi connectivity index (χ0v) is 11.6. The molecule has 98 valence electrons. The van der Waals surface area contributed by atoms with Crippen LogP contribution in [0.4, 0.5) is 0 Å². The van der Waals surface area contributed by atoms with E-state index in [9.17, 15) is 4.79 Å². The minimum absolute atomic E-state index is 0.0283. The fourth-order valence-electron chi connectivity index (χ4n) is 1.10. The first-order valence-electron chi connectivity index (χ1n) is 5.43. The highest BCUT2D eigenvalue weighted by atomic mass is 35.5. The topological polar surface area (TPSA) is 64.3 Å². The number of hydrogen-bond donors (Lipinski definition) is 2. The number of thiocarbonyl (C=S) groups is 1. The molecule has 0 saturated carbocycles. The molecule has 18 heavy (non-hydrogen) atoms. The van der Waals surface area contributed by atoms with Gasteiger partial charge in [-0.1, -0.05) is 30.7 Å². The number of benzene rings is 1. The molecule has 1 rings (SSSR count). The fourth-order valence-corrected chi connectivity index (χ4v) is 1.31. The van der Waals surface area contributed by atoms with Gasteiger partial charge in [0, 0.05) is 17.5 Å². The number of amides is 1. The van der Waals surface area contributed by atoms with E-state index in [1.807, 2.05) is 6.92 Å². The Morgan fingerprint density at radius 2 is 2.11 bits per heavy atom. The van der Waals surface area contributed by atoms with E-state index in [1.165, 1.54) is 0 Å². The molecule has 0 aliphatic carbocycles. The molecule has 0 aromatic heterocycles. The molecule has 1 unspecified atom stereocenters. The SMILES string of the molecule is CC(CNC(=O)COc1ccc(Cl)cc1)C(N)=S. The smallest absolute Gasteiger partial charge is 0.257 e. The minimum atomic E-state index is -0.215. The third-order valence-electron chi connectivity index (χ3n) is 2.27. The largest absolute Gasteiger partial charge is 0.484 e. The first-order valence-corrected chi connectivity index (χ1v) is 6.22. The highest BCUT2D eigenvalue weighted by Crippen LogP contribution is 2.15. The van der Waals surface area contributed by atoms with Gasteiger partial charge in [0.1, 0.15) is 5.75 Å². The zero-order valence-electron chi connectivity index (χ0n) is 9.98. The summed E-state index contributed by atoms with van der Waals surface area (Å²) in [4.78, 5) is 11.8. The number of ether oxygens (including phenoxy) is 1. The van der Waals surface area contributed by atoms with Gasteiger partial charge in [-0.05, 0) is 24.3 Å². The zero-order chi connectivity index (χ0) is 13.5. The molecule has 0 aliphatic heterocycles. The van der Waals surface area contributed by atoms with Gasteiger partial charge in [0.25, 0.3) is 5.91 Å². The van der Waals surface area contributed by atoms with E-state index < -0.39 is 0 Å². The lowest BCUT2D eigenvalue weighted by Crippen LogP contribution is -2.36. The fraction of sp³-hybridized carbons (Fsp3) is 0.333. The quantitative estimate of drug-likeness (QED) is 0.782. The van der Waals surface area contributed by atoms with Crippen LogP contribution in [0.5, 0.6) is 5.75 Å². The van der Waals surface area contributed by atoms with Gasteiger partial charge >= 0.3 is 0 Å². The lowest BCUT2D eigenvalue weighted by atomic mass is 10.2. The Morgan fingerprint density at radius 3 is 2.67 bits per heavy atom. The van der Waals surface area contributed by atoms with Gasteiger partial charge in [-0.3, -0.25) is 4.79 Å². The summed E-state index contributed by atoms with van der Waals surface area (Å²) in [6.45, 7) is 2.21. The van der Waals surface area contributed by atoms with Crippen molar-refractivity contribution in [3.8, 4) is 5.75 Å². The van der Waals surface area contributed by atoms with Crippen LogP contribution in [-0.4, -0.2) is 24.0 Å². The van der Waals surface area contributed by atoms with Gasteiger partial charge < -0.3 is 15.8 Å². The van der Waals surface area contributed by atoms with Crippen molar-refractivity contribution in [1.29, 1.82) is 0 Å². The van der Waals surface area contributed by atoms with Gasteiger partial charge in [-0.15, -0.1) is 0 Å². The molecule has 1 amide bonds. The van der Waals surface area contributed by atoms with Crippen LogP contribution in [0.2, 0.25) is 5.02 Å². The van der Waals surface area contributed by atoms with E-state index in [0.29, 0.717) is 22.3 Å². The van der Waals surface area contributed by atoms with E-state index in [1.54, 1.807) is 24.3 Å². The molecule has 1 aromatic rings. The second-order valence-corrected chi connectivity index (χ2v) is 4.76. The molecule has 0 aliphatic rings. The summed E-state index contributed by atoms with van der Waals surface area (Å²) < 4.78 is 5.28. The first kappa shape index (κ1) is 14.7. The van der Waals surface area contributed by atoms with Crippen molar-refractivity contribution in [1.82, 2.24) is 5.32 Å². The number of halogens is 1. The lowest BCUT2D eigenvalue weighted by Gasteiger charge is -2.11. The highest BCUT2D eigenvalue weighted by molar-refractivity contribution is 7.80. The molecule has 0 saturated heterocycles.